The maximum atomic E-state index is 11.9. The summed E-state index contributed by atoms with van der Waals surface area (Å²) < 4.78 is 11.2. The number of hydrogen-bond acceptors (Lipinski definition) is 5. The van der Waals surface area contributed by atoms with Crippen molar-refractivity contribution in [2.45, 2.75) is 46.0 Å². The molecule has 0 spiro atoms. The summed E-state index contributed by atoms with van der Waals surface area (Å²) in [5.74, 6) is 0.558. The molecular weight excluding hydrogens is 404 g/mol. The van der Waals surface area contributed by atoms with E-state index in [9.17, 15) is 9.90 Å². The fourth-order valence-corrected chi connectivity index (χ4v) is 3.24. The second-order valence-corrected chi connectivity index (χ2v) is 7.77. The first-order chi connectivity index (χ1) is 15.5. The molecule has 3 rings (SSSR count). The van der Waals surface area contributed by atoms with E-state index in [0.717, 1.165) is 27.9 Å². The van der Waals surface area contributed by atoms with Crippen molar-refractivity contribution < 1.29 is 19.4 Å². The molecule has 3 aromatic rings. The molecule has 1 amide bonds. The van der Waals surface area contributed by atoms with Crippen LogP contribution >= 0.6 is 0 Å². The quantitative estimate of drug-likeness (QED) is 0.489. The van der Waals surface area contributed by atoms with E-state index in [2.05, 4.69) is 10.3 Å². The van der Waals surface area contributed by atoms with Crippen LogP contribution in [0.15, 0.2) is 66.7 Å². The molecule has 6 nitrogen and oxygen atoms in total. The van der Waals surface area contributed by atoms with Crippen molar-refractivity contribution in [1.82, 2.24) is 10.3 Å². The van der Waals surface area contributed by atoms with Crippen molar-refractivity contribution in [3.63, 3.8) is 0 Å². The van der Waals surface area contributed by atoms with E-state index < -0.39 is 6.09 Å². The molecule has 1 atom stereocenters. The number of aliphatic hydroxyl groups excluding tert-OH is 1. The number of alkyl carbamates (subject to hydrolysis) is 1. The molecule has 2 N–H and O–H groups in total. The number of aryl methyl sites for hydroxylation is 1. The largest absolute Gasteiger partial charge is 0.475 e. The first-order valence-corrected chi connectivity index (χ1v) is 10.8. The molecule has 1 heterocycles. The highest BCUT2D eigenvalue weighted by atomic mass is 16.5. The van der Waals surface area contributed by atoms with Gasteiger partial charge in [-0.3, -0.25) is 0 Å². The third kappa shape index (κ3) is 7.39. The van der Waals surface area contributed by atoms with Gasteiger partial charge in [-0.15, -0.1) is 0 Å². The first kappa shape index (κ1) is 23.3. The van der Waals surface area contributed by atoms with Crippen molar-refractivity contribution in [2.75, 3.05) is 6.54 Å². The van der Waals surface area contributed by atoms with Gasteiger partial charge in [-0.1, -0.05) is 60.7 Å². The second kappa shape index (κ2) is 11.9. The number of pyridine rings is 1. The molecule has 0 radical (unpaired) electrons. The monoisotopic (exact) mass is 434 g/mol. The van der Waals surface area contributed by atoms with Gasteiger partial charge in [0.05, 0.1) is 18.4 Å². The lowest BCUT2D eigenvalue weighted by molar-refractivity contribution is 0.137. The van der Waals surface area contributed by atoms with Crippen LogP contribution in [0.1, 0.15) is 41.3 Å². The summed E-state index contributed by atoms with van der Waals surface area (Å²) >= 11 is 0. The summed E-state index contributed by atoms with van der Waals surface area (Å²) in [4.78, 5) is 16.5. The Hall–Kier alpha value is -3.38. The summed E-state index contributed by atoms with van der Waals surface area (Å²) in [5, 5.41) is 12.1. The highest BCUT2D eigenvalue weighted by molar-refractivity contribution is 5.67. The Kier molecular flexibility index (Phi) is 8.63. The normalized spacial score (nSPS) is 11.6. The number of nitrogens with one attached hydrogen (secondary N) is 1. The Labute approximate surface area is 189 Å². The number of amides is 1. The molecule has 6 heteroatoms. The van der Waals surface area contributed by atoms with E-state index in [1.165, 1.54) is 0 Å². The first-order valence-electron chi connectivity index (χ1n) is 10.8. The summed E-state index contributed by atoms with van der Waals surface area (Å²) in [6.45, 7) is 4.69. The zero-order valence-electron chi connectivity index (χ0n) is 18.6. The van der Waals surface area contributed by atoms with Gasteiger partial charge in [0.2, 0.25) is 5.88 Å². The summed E-state index contributed by atoms with van der Waals surface area (Å²) in [7, 11) is 0. The minimum atomic E-state index is -0.443. The molecule has 1 aromatic heterocycles. The van der Waals surface area contributed by atoms with Crippen LogP contribution < -0.4 is 10.1 Å². The molecule has 168 valence electrons. The Morgan fingerprint density at radius 1 is 1.03 bits per heavy atom. The predicted octanol–water partition coefficient (Wildman–Crippen LogP) is 4.56. The van der Waals surface area contributed by atoms with E-state index in [1.807, 2.05) is 80.6 Å². The molecular formula is C26H30N2O4. The van der Waals surface area contributed by atoms with Crippen molar-refractivity contribution >= 4 is 6.09 Å². The van der Waals surface area contributed by atoms with Gasteiger partial charge >= 0.3 is 6.09 Å². The van der Waals surface area contributed by atoms with Crippen LogP contribution in [0.2, 0.25) is 0 Å². The van der Waals surface area contributed by atoms with Crippen molar-refractivity contribution in [2.24, 2.45) is 0 Å². The van der Waals surface area contributed by atoms with Gasteiger partial charge in [0.1, 0.15) is 6.61 Å². The topological polar surface area (TPSA) is 80.7 Å². The molecule has 0 aliphatic rings. The molecule has 0 bridgehead atoms. The van der Waals surface area contributed by atoms with Gasteiger partial charge in [0.15, 0.2) is 0 Å². The number of carbonyl (C=O) groups is 1. The van der Waals surface area contributed by atoms with Gasteiger partial charge in [0.25, 0.3) is 0 Å². The van der Waals surface area contributed by atoms with Gasteiger partial charge in [-0.25, -0.2) is 9.78 Å². The van der Waals surface area contributed by atoms with Crippen LogP contribution in [-0.4, -0.2) is 28.8 Å². The van der Waals surface area contributed by atoms with E-state index in [4.69, 9.17) is 9.47 Å². The average Bonchev–Trinajstić information content (AvgIpc) is 2.80. The van der Waals surface area contributed by atoms with Crippen LogP contribution in [0.5, 0.6) is 5.88 Å². The predicted molar refractivity (Wildman–Crippen MR) is 123 cm³/mol. The Balaban J connectivity index is 1.45. The smallest absolute Gasteiger partial charge is 0.407 e. The maximum absolute atomic E-state index is 11.9. The third-order valence-electron chi connectivity index (χ3n) is 5.08. The average molecular weight is 435 g/mol. The molecule has 1 unspecified atom stereocenters. The van der Waals surface area contributed by atoms with E-state index in [0.29, 0.717) is 25.3 Å². The summed E-state index contributed by atoms with van der Waals surface area (Å²) in [6.07, 6.45) is 0.733. The van der Waals surface area contributed by atoms with Crippen LogP contribution in [0.3, 0.4) is 0 Å². The lowest BCUT2D eigenvalue weighted by Gasteiger charge is -2.16. The fraction of sp³-hybridized carbons (Fsp3) is 0.308. The van der Waals surface area contributed by atoms with Crippen LogP contribution in [0.4, 0.5) is 4.79 Å². The number of nitrogens with zero attached hydrogens (tertiary/aromatic N) is 1. The Bertz CT molecular complexity index is 1010. The lowest BCUT2D eigenvalue weighted by Crippen LogP contribution is -2.28. The SMILES string of the molecule is Cc1ccc(OC(C)CCNC(=O)OCc2ccccc2)nc1Cc1cccc(CO)c1. The zero-order valence-corrected chi connectivity index (χ0v) is 18.6. The standard InChI is InChI=1S/C26H30N2O4/c1-19-11-12-25(28-24(19)16-22-9-6-10-23(15-22)17-29)32-20(2)13-14-27-26(30)31-18-21-7-4-3-5-8-21/h3-12,15,20,29H,13-14,16-18H2,1-2H3,(H,27,30). The molecule has 0 fully saturated rings. The highest BCUT2D eigenvalue weighted by Gasteiger charge is 2.10. The Morgan fingerprint density at radius 2 is 1.78 bits per heavy atom. The summed E-state index contributed by atoms with van der Waals surface area (Å²) in [5.41, 5.74) is 4.95. The number of ether oxygens (including phenoxy) is 2. The van der Waals surface area contributed by atoms with Gasteiger partial charge in [0, 0.05) is 25.5 Å². The number of carbonyl (C=O) groups excluding carboxylic acids is 1. The molecule has 2 aromatic carbocycles. The van der Waals surface area contributed by atoms with E-state index in [-0.39, 0.29) is 19.3 Å². The molecule has 0 aliphatic carbocycles. The Morgan fingerprint density at radius 3 is 2.56 bits per heavy atom. The van der Waals surface area contributed by atoms with Crippen molar-refractivity contribution in [1.29, 1.82) is 0 Å². The molecule has 0 saturated carbocycles. The number of aliphatic hydroxyl groups is 1. The second-order valence-electron chi connectivity index (χ2n) is 7.77. The van der Waals surface area contributed by atoms with Gasteiger partial charge in [-0.05, 0) is 36.1 Å². The molecule has 0 saturated heterocycles. The van der Waals surface area contributed by atoms with E-state index in [1.54, 1.807) is 0 Å². The maximum Gasteiger partial charge on any atom is 0.407 e. The number of hydrogen-bond donors (Lipinski definition) is 2. The van der Waals surface area contributed by atoms with Crippen LogP contribution in [0, 0.1) is 6.92 Å². The summed E-state index contributed by atoms with van der Waals surface area (Å²) in [6, 6.07) is 21.3. The van der Waals surface area contributed by atoms with Crippen LogP contribution in [0.25, 0.3) is 0 Å². The fourth-order valence-electron chi connectivity index (χ4n) is 3.24. The lowest BCUT2D eigenvalue weighted by atomic mass is 10.0. The zero-order chi connectivity index (χ0) is 22.8. The van der Waals surface area contributed by atoms with Crippen LogP contribution in [-0.2, 0) is 24.4 Å². The van der Waals surface area contributed by atoms with E-state index >= 15 is 0 Å². The third-order valence-corrected chi connectivity index (χ3v) is 5.08. The highest BCUT2D eigenvalue weighted by Crippen LogP contribution is 2.18. The number of benzene rings is 2. The van der Waals surface area contributed by atoms with Crippen molar-refractivity contribution in [3.05, 3.63) is 94.7 Å². The molecule has 0 aliphatic heterocycles. The molecule has 32 heavy (non-hydrogen) atoms. The minimum Gasteiger partial charge on any atom is -0.475 e. The minimum absolute atomic E-state index is 0.0226. The van der Waals surface area contributed by atoms with Crippen molar-refractivity contribution in [3.8, 4) is 5.88 Å². The number of rotatable bonds is 10. The number of aromatic nitrogens is 1. The van der Waals surface area contributed by atoms with Gasteiger partial charge in [-0.2, -0.15) is 0 Å². The van der Waals surface area contributed by atoms with Gasteiger partial charge < -0.3 is 19.9 Å².